The highest BCUT2D eigenvalue weighted by atomic mass is 32.1. The van der Waals surface area contributed by atoms with Gasteiger partial charge in [0.05, 0.1) is 25.2 Å². The molecule has 6 aromatic rings. The van der Waals surface area contributed by atoms with Gasteiger partial charge in [-0.1, -0.05) is 60.7 Å². The van der Waals surface area contributed by atoms with Gasteiger partial charge in [-0.25, -0.2) is 0 Å². The van der Waals surface area contributed by atoms with Gasteiger partial charge in [-0.3, -0.25) is 9.69 Å². The minimum Gasteiger partial charge on any atom is -0.497 e. The Kier molecular flexibility index (Phi) is 10.5. The molecule has 4 aromatic carbocycles. The monoisotopic (exact) mass is 643 g/mol. The van der Waals surface area contributed by atoms with Crippen LogP contribution >= 0.6 is 11.3 Å². The molecule has 0 aliphatic carbocycles. The molecule has 47 heavy (non-hydrogen) atoms. The molecule has 238 valence electrons. The fraction of sp³-hybridized carbons (Fsp3) is 0.175. The maximum Gasteiger partial charge on any atom is 0.193 e. The zero-order valence-electron chi connectivity index (χ0n) is 26.6. The number of rotatable bonds is 14. The Balaban J connectivity index is 1.38. The Bertz CT molecular complexity index is 1970. The summed E-state index contributed by atoms with van der Waals surface area (Å²) >= 11 is 1.63. The smallest absolute Gasteiger partial charge is 0.193 e. The van der Waals surface area contributed by atoms with Crippen LogP contribution < -0.4 is 19.6 Å². The molecule has 0 N–H and O–H groups in total. The number of benzene rings is 4. The lowest BCUT2D eigenvalue weighted by atomic mass is 10.1. The average Bonchev–Trinajstić information content (AvgIpc) is 3.64. The Morgan fingerprint density at radius 3 is 2.15 bits per heavy atom. The minimum atomic E-state index is -0.0916. The molecular weight excluding hydrogens is 607 g/mol. The van der Waals surface area contributed by atoms with E-state index in [-0.39, 0.29) is 5.43 Å². The highest BCUT2D eigenvalue weighted by molar-refractivity contribution is 7.10. The van der Waals surface area contributed by atoms with Gasteiger partial charge >= 0.3 is 0 Å². The first kappa shape index (κ1) is 31.9. The summed E-state index contributed by atoms with van der Waals surface area (Å²) in [5.41, 5.74) is 4.70. The minimum absolute atomic E-state index is 0.0916. The van der Waals surface area contributed by atoms with Crippen molar-refractivity contribution >= 4 is 34.5 Å². The molecule has 6 rings (SSSR count). The SMILES string of the molecule is COc1ccc(COc2ccc3c(=O)cc(/C=C/c4cccs4)oc3c2CN(CCc2ccccc2)Cc2ccc(OC)cc2)cc1. The van der Waals surface area contributed by atoms with Crippen LogP contribution in [0.2, 0.25) is 0 Å². The van der Waals surface area contributed by atoms with Crippen molar-refractivity contribution in [2.75, 3.05) is 20.8 Å². The second-order valence-corrected chi connectivity index (χ2v) is 12.2. The van der Waals surface area contributed by atoms with E-state index in [1.54, 1.807) is 37.7 Å². The van der Waals surface area contributed by atoms with E-state index in [0.717, 1.165) is 46.0 Å². The molecule has 7 heteroatoms. The van der Waals surface area contributed by atoms with Gasteiger partial charge in [0.15, 0.2) is 5.43 Å². The van der Waals surface area contributed by atoms with E-state index in [2.05, 4.69) is 41.3 Å². The normalized spacial score (nSPS) is 11.4. The Morgan fingerprint density at radius 1 is 0.745 bits per heavy atom. The molecule has 6 nitrogen and oxygen atoms in total. The third kappa shape index (κ3) is 8.38. The lowest BCUT2D eigenvalue weighted by molar-refractivity contribution is 0.248. The van der Waals surface area contributed by atoms with Crippen molar-refractivity contribution in [3.63, 3.8) is 0 Å². The van der Waals surface area contributed by atoms with Gasteiger partial charge in [0, 0.05) is 30.6 Å². The third-order valence-electron chi connectivity index (χ3n) is 7.99. The van der Waals surface area contributed by atoms with Crippen molar-refractivity contribution < 1.29 is 18.6 Å². The molecule has 0 aliphatic rings. The Labute approximate surface area is 279 Å². The van der Waals surface area contributed by atoms with Crippen LogP contribution in [0, 0.1) is 0 Å². The van der Waals surface area contributed by atoms with Crippen molar-refractivity contribution in [2.24, 2.45) is 0 Å². The second-order valence-electron chi connectivity index (χ2n) is 11.2. The Hall–Kier alpha value is -5.11. The molecule has 0 fully saturated rings. The van der Waals surface area contributed by atoms with Gasteiger partial charge in [-0.05, 0) is 83.1 Å². The van der Waals surface area contributed by atoms with Crippen LogP contribution in [0.5, 0.6) is 17.2 Å². The molecule has 2 heterocycles. The number of ether oxygens (including phenoxy) is 3. The molecule has 0 radical (unpaired) electrons. The summed E-state index contributed by atoms with van der Waals surface area (Å²) in [4.78, 5) is 16.9. The van der Waals surface area contributed by atoms with Crippen molar-refractivity contribution in [1.29, 1.82) is 0 Å². The zero-order chi connectivity index (χ0) is 32.4. The molecule has 2 aromatic heterocycles. The summed E-state index contributed by atoms with van der Waals surface area (Å²) in [6.45, 7) is 2.34. The van der Waals surface area contributed by atoms with Crippen LogP contribution in [-0.2, 0) is 26.1 Å². The van der Waals surface area contributed by atoms with Crippen molar-refractivity contribution in [3.05, 3.63) is 158 Å². The number of hydrogen-bond donors (Lipinski definition) is 0. The fourth-order valence-corrected chi connectivity index (χ4v) is 6.05. The van der Waals surface area contributed by atoms with Crippen LogP contribution in [0.3, 0.4) is 0 Å². The van der Waals surface area contributed by atoms with E-state index in [0.29, 0.717) is 42.2 Å². The predicted octanol–water partition coefficient (Wildman–Crippen LogP) is 8.87. The number of fused-ring (bicyclic) bond motifs is 1. The predicted molar refractivity (Wildman–Crippen MR) is 190 cm³/mol. The van der Waals surface area contributed by atoms with Gasteiger partial charge in [0.2, 0.25) is 0 Å². The topological polar surface area (TPSA) is 61.1 Å². The van der Waals surface area contributed by atoms with E-state index in [1.807, 2.05) is 78.2 Å². The molecule has 0 spiro atoms. The summed E-state index contributed by atoms with van der Waals surface area (Å²) in [6, 6.07) is 35.7. The van der Waals surface area contributed by atoms with Crippen LogP contribution in [0.4, 0.5) is 0 Å². The maximum atomic E-state index is 13.4. The summed E-state index contributed by atoms with van der Waals surface area (Å²) < 4.78 is 23.7. The van der Waals surface area contributed by atoms with Gasteiger partial charge in [0.1, 0.15) is 35.2 Å². The molecule has 0 amide bonds. The van der Waals surface area contributed by atoms with Crippen LogP contribution in [-0.4, -0.2) is 25.7 Å². The summed E-state index contributed by atoms with van der Waals surface area (Å²) in [5, 5.41) is 2.55. The largest absolute Gasteiger partial charge is 0.497 e. The van der Waals surface area contributed by atoms with E-state index in [9.17, 15) is 4.79 Å². The quantitative estimate of drug-likeness (QED) is 0.118. The number of nitrogens with zero attached hydrogens (tertiary/aromatic N) is 1. The highest BCUT2D eigenvalue weighted by Crippen LogP contribution is 2.31. The molecule has 0 atom stereocenters. The lowest BCUT2D eigenvalue weighted by Gasteiger charge is -2.25. The molecular formula is C40H37NO5S. The summed E-state index contributed by atoms with van der Waals surface area (Å²) in [7, 11) is 3.33. The van der Waals surface area contributed by atoms with Crippen LogP contribution in [0.1, 0.15) is 32.9 Å². The van der Waals surface area contributed by atoms with Crippen molar-refractivity contribution in [2.45, 2.75) is 26.1 Å². The fourth-order valence-electron chi connectivity index (χ4n) is 5.43. The first-order valence-electron chi connectivity index (χ1n) is 15.5. The van der Waals surface area contributed by atoms with Crippen molar-refractivity contribution in [1.82, 2.24) is 4.90 Å². The molecule has 0 bridgehead atoms. The summed E-state index contributed by atoms with van der Waals surface area (Å²) in [6.07, 6.45) is 4.68. The second kappa shape index (κ2) is 15.5. The first-order valence-corrected chi connectivity index (χ1v) is 16.4. The van der Waals surface area contributed by atoms with Gasteiger partial charge in [-0.2, -0.15) is 0 Å². The van der Waals surface area contributed by atoms with Crippen molar-refractivity contribution in [3.8, 4) is 17.2 Å². The molecule has 0 saturated carbocycles. The Morgan fingerprint density at radius 2 is 1.47 bits per heavy atom. The van der Waals surface area contributed by atoms with Gasteiger partial charge < -0.3 is 18.6 Å². The van der Waals surface area contributed by atoms with Crippen LogP contribution in [0.25, 0.3) is 23.1 Å². The summed E-state index contributed by atoms with van der Waals surface area (Å²) in [5.74, 6) is 2.78. The maximum absolute atomic E-state index is 13.4. The van der Waals surface area contributed by atoms with E-state index >= 15 is 0 Å². The average molecular weight is 644 g/mol. The standard InChI is InChI=1S/C40H37NO5S/c1-43-32-14-10-30(11-15-32)26-41(23-22-29-7-4-3-5-8-29)27-37-39(45-28-31-12-16-33(44-2)17-13-31)21-20-36-38(42)25-34(46-40(36)37)18-19-35-9-6-24-47-35/h3-21,24-25H,22-23,26-28H2,1-2H3/b19-18+. The number of thiophene rings is 1. The molecule has 0 saturated heterocycles. The van der Waals surface area contributed by atoms with Crippen LogP contribution in [0.15, 0.2) is 124 Å². The van der Waals surface area contributed by atoms with Gasteiger partial charge in [0.25, 0.3) is 0 Å². The highest BCUT2D eigenvalue weighted by Gasteiger charge is 2.19. The first-order chi connectivity index (χ1) is 23.1. The molecule has 0 aliphatic heterocycles. The molecule has 0 unspecified atom stereocenters. The van der Waals surface area contributed by atoms with E-state index in [1.165, 1.54) is 5.56 Å². The third-order valence-corrected chi connectivity index (χ3v) is 8.83. The lowest BCUT2D eigenvalue weighted by Crippen LogP contribution is -2.26. The van der Waals surface area contributed by atoms with E-state index < -0.39 is 0 Å². The van der Waals surface area contributed by atoms with Gasteiger partial charge in [-0.15, -0.1) is 11.3 Å². The van der Waals surface area contributed by atoms with E-state index in [4.69, 9.17) is 18.6 Å². The number of hydrogen-bond acceptors (Lipinski definition) is 7. The zero-order valence-corrected chi connectivity index (χ0v) is 27.4. The number of methoxy groups -OCH3 is 2.